The number of ether oxygens (including phenoxy) is 3. The number of carbonyl (C=O) groups excluding carboxylic acids is 3. The topological polar surface area (TPSA) is 78.9 Å². The van der Waals surface area contributed by atoms with Crippen molar-refractivity contribution >= 4 is 17.9 Å². The molecular formula is C26H26O6. The molecule has 4 rings (SSSR count). The molecule has 0 spiro atoms. The minimum atomic E-state index is -1.58. The Morgan fingerprint density at radius 2 is 1.44 bits per heavy atom. The van der Waals surface area contributed by atoms with Crippen LogP contribution in [0.25, 0.3) is 0 Å². The Balaban J connectivity index is 1.61. The van der Waals surface area contributed by atoms with Gasteiger partial charge in [0.15, 0.2) is 5.41 Å². The maximum atomic E-state index is 13.4. The third-order valence-electron chi connectivity index (χ3n) is 6.47. The maximum absolute atomic E-state index is 13.4. The summed E-state index contributed by atoms with van der Waals surface area (Å²) in [7, 11) is 0. The predicted molar refractivity (Wildman–Crippen MR) is 116 cm³/mol. The van der Waals surface area contributed by atoms with Crippen LogP contribution in [0.2, 0.25) is 0 Å². The van der Waals surface area contributed by atoms with Crippen LogP contribution in [-0.4, -0.2) is 17.9 Å². The van der Waals surface area contributed by atoms with Gasteiger partial charge in [0.25, 0.3) is 0 Å². The molecule has 2 aromatic carbocycles. The average molecular weight is 434 g/mol. The van der Waals surface area contributed by atoms with Crippen molar-refractivity contribution in [1.82, 2.24) is 0 Å². The lowest BCUT2D eigenvalue weighted by Gasteiger charge is -2.30. The molecule has 1 saturated carbocycles. The minimum Gasteiger partial charge on any atom is -0.460 e. The molecule has 2 aliphatic rings. The molecule has 166 valence electrons. The second-order valence-electron chi connectivity index (χ2n) is 8.48. The summed E-state index contributed by atoms with van der Waals surface area (Å²) in [6, 6.07) is 18.5. The normalized spacial score (nSPS) is 23.5. The van der Waals surface area contributed by atoms with Gasteiger partial charge >= 0.3 is 17.9 Å². The van der Waals surface area contributed by atoms with Crippen LogP contribution >= 0.6 is 0 Å². The van der Waals surface area contributed by atoms with E-state index in [2.05, 4.69) is 0 Å². The highest BCUT2D eigenvalue weighted by Gasteiger charge is 2.65. The Bertz CT molecular complexity index is 971. The van der Waals surface area contributed by atoms with Crippen molar-refractivity contribution in [2.24, 2.45) is 23.2 Å². The van der Waals surface area contributed by atoms with Crippen molar-refractivity contribution in [3.05, 3.63) is 83.6 Å². The zero-order valence-electron chi connectivity index (χ0n) is 18.2. The fourth-order valence-corrected chi connectivity index (χ4v) is 4.79. The van der Waals surface area contributed by atoms with Crippen molar-refractivity contribution in [3.63, 3.8) is 0 Å². The number of hydrogen-bond donors (Lipinski definition) is 0. The van der Waals surface area contributed by atoms with Gasteiger partial charge < -0.3 is 14.2 Å². The van der Waals surface area contributed by atoms with E-state index in [0.29, 0.717) is 5.76 Å². The molecule has 1 aliphatic heterocycles. The van der Waals surface area contributed by atoms with Crippen LogP contribution < -0.4 is 0 Å². The van der Waals surface area contributed by atoms with Gasteiger partial charge in [-0.2, -0.15) is 0 Å². The number of cyclic esters (lactones) is 1. The quantitative estimate of drug-likeness (QED) is 0.385. The standard InChI is InChI=1S/C26H26O6/c1-17-13-21-14-26(18(2)22(21)23(27)32-17,24(28)30-15-19-9-5-3-6-10-19)25(29)31-16-20-11-7-4-8-12-20/h3-13,18,21-22H,14-16H2,1-2H3/t18-,21+,22-/m0/s1. The monoisotopic (exact) mass is 434 g/mol. The number of allylic oxidation sites excluding steroid dienone is 2. The van der Waals surface area contributed by atoms with Gasteiger partial charge in [0.2, 0.25) is 0 Å². The van der Waals surface area contributed by atoms with Gasteiger partial charge in [0.1, 0.15) is 19.0 Å². The highest BCUT2D eigenvalue weighted by Crippen LogP contribution is 2.54. The van der Waals surface area contributed by atoms with Crippen LogP contribution in [0.4, 0.5) is 0 Å². The van der Waals surface area contributed by atoms with E-state index < -0.39 is 35.2 Å². The zero-order chi connectivity index (χ0) is 22.7. The van der Waals surface area contributed by atoms with Gasteiger partial charge in [0, 0.05) is 0 Å². The van der Waals surface area contributed by atoms with Crippen LogP contribution in [0.5, 0.6) is 0 Å². The Morgan fingerprint density at radius 1 is 0.938 bits per heavy atom. The molecule has 0 unspecified atom stereocenters. The number of rotatable bonds is 6. The molecule has 1 heterocycles. The zero-order valence-corrected chi connectivity index (χ0v) is 18.2. The van der Waals surface area contributed by atoms with Crippen molar-refractivity contribution in [2.75, 3.05) is 0 Å². The predicted octanol–water partition coefficient (Wildman–Crippen LogP) is 4.19. The van der Waals surface area contributed by atoms with E-state index in [0.717, 1.165) is 11.1 Å². The van der Waals surface area contributed by atoms with Crippen molar-refractivity contribution in [1.29, 1.82) is 0 Å². The molecule has 0 saturated heterocycles. The summed E-state index contributed by atoms with van der Waals surface area (Å²) < 4.78 is 16.5. The van der Waals surface area contributed by atoms with Gasteiger partial charge in [-0.1, -0.05) is 67.6 Å². The van der Waals surface area contributed by atoms with Gasteiger partial charge in [-0.15, -0.1) is 0 Å². The SMILES string of the molecule is CC1=C[C@@H]2CC(C(=O)OCc3ccccc3)(C(=O)OCc3ccccc3)[C@@H](C)[C@@H]2C(=O)O1. The molecule has 0 amide bonds. The van der Waals surface area contributed by atoms with Crippen LogP contribution in [0, 0.1) is 23.2 Å². The van der Waals surface area contributed by atoms with Gasteiger partial charge in [-0.3, -0.25) is 14.4 Å². The first-order valence-corrected chi connectivity index (χ1v) is 10.7. The number of hydrogen-bond acceptors (Lipinski definition) is 6. The smallest absolute Gasteiger partial charge is 0.324 e. The lowest BCUT2D eigenvalue weighted by atomic mass is 9.76. The molecule has 3 atom stereocenters. The molecule has 6 nitrogen and oxygen atoms in total. The minimum absolute atomic E-state index is 0.0365. The van der Waals surface area contributed by atoms with Crippen molar-refractivity contribution in [3.8, 4) is 0 Å². The fraction of sp³-hybridized carbons (Fsp3) is 0.346. The molecule has 2 aromatic rings. The van der Waals surface area contributed by atoms with Gasteiger partial charge in [-0.05, 0) is 42.4 Å². The Kier molecular flexibility index (Phi) is 6.12. The average Bonchev–Trinajstić information content (AvgIpc) is 3.10. The lowest BCUT2D eigenvalue weighted by Crippen LogP contribution is -2.45. The van der Waals surface area contributed by atoms with E-state index >= 15 is 0 Å². The molecule has 1 aliphatic carbocycles. The summed E-state index contributed by atoms with van der Waals surface area (Å²) in [4.78, 5) is 39.5. The van der Waals surface area contributed by atoms with Crippen molar-refractivity contribution in [2.45, 2.75) is 33.5 Å². The lowest BCUT2D eigenvalue weighted by molar-refractivity contribution is -0.178. The van der Waals surface area contributed by atoms with E-state index in [9.17, 15) is 14.4 Å². The summed E-state index contributed by atoms with van der Waals surface area (Å²) >= 11 is 0. The summed E-state index contributed by atoms with van der Waals surface area (Å²) in [5, 5.41) is 0. The van der Waals surface area contributed by atoms with Crippen LogP contribution in [0.1, 0.15) is 31.4 Å². The molecule has 0 bridgehead atoms. The Morgan fingerprint density at radius 3 is 1.94 bits per heavy atom. The number of fused-ring (bicyclic) bond motifs is 1. The number of carbonyl (C=O) groups is 3. The molecule has 6 heteroatoms. The van der Waals surface area contributed by atoms with Crippen LogP contribution in [-0.2, 0) is 41.8 Å². The summed E-state index contributed by atoms with van der Waals surface area (Å²) in [6.45, 7) is 3.50. The van der Waals surface area contributed by atoms with Crippen molar-refractivity contribution < 1.29 is 28.6 Å². The molecule has 1 fully saturated rings. The first-order chi connectivity index (χ1) is 15.4. The first kappa shape index (κ1) is 21.8. The van der Waals surface area contributed by atoms with Crippen LogP contribution in [0.15, 0.2) is 72.5 Å². The Hall–Kier alpha value is -3.41. The Labute approximate surface area is 187 Å². The largest absolute Gasteiger partial charge is 0.460 e. The van der Waals surface area contributed by atoms with Gasteiger partial charge in [0.05, 0.1) is 5.92 Å². The molecule has 32 heavy (non-hydrogen) atoms. The number of benzene rings is 2. The van der Waals surface area contributed by atoms with E-state index in [1.165, 1.54) is 0 Å². The molecule has 0 aromatic heterocycles. The van der Waals surface area contributed by atoms with Gasteiger partial charge in [-0.25, -0.2) is 0 Å². The number of esters is 3. The third-order valence-corrected chi connectivity index (χ3v) is 6.47. The first-order valence-electron chi connectivity index (χ1n) is 10.7. The molecular weight excluding hydrogens is 408 g/mol. The molecule has 0 radical (unpaired) electrons. The van der Waals surface area contributed by atoms with E-state index in [1.54, 1.807) is 13.8 Å². The summed E-state index contributed by atoms with van der Waals surface area (Å²) in [5.41, 5.74) is 0.0395. The molecule has 0 N–H and O–H groups in total. The fourth-order valence-electron chi connectivity index (χ4n) is 4.79. The van der Waals surface area contributed by atoms with E-state index in [-0.39, 0.29) is 25.6 Å². The summed E-state index contributed by atoms with van der Waals surface area (Å²) in [6.07, 6.45) is 1.96. The highest BCUT2D eigenvalue weighted by atomic mass is 16.6. The second-order valence-corrected chi connectivity index (χ2v) is 8.48. The van der Waals surface area contributed by atoms with E-state index in [1.807, 2.05) is 66.7 Å². The highest BCUT2D eigenvalue weighted by molar-refractivity contribution is 6.02. The maximum Gasteiger partial charge on any atom is 0.324 e. The summed E-state index contributed by atoms with van der Waals surface area (Å²) in [5.74, 6) is -2.80. The third kappa shape index (κ3) is 4.05. The second kappa shape index (κ2) is 8.99. The van der Waals surface area contributed by atoms with Crippen LogP contribution in [0.3, 0.4) is 0 Å². The van der Waals surface area contributed by atoms with E-state index in [4.69, 9.17) is 14.2 Å².